The Morgan fingerprint density at radius 2 is 1.96 bits per heavy atom. The first-order valence-electron chi connectivity index (χ1n) is 9.12. The fourth-order valence-corrected chi connectivity index (χ4v) is 3.10. The van der Waals surface area contributed by atoms with E-state index >= 15 is 0 Å². The minimum absolute atomic E-state index is 0.337. The molecular formula is C19H25N3O5. The fraction of sp³-hybridized carbons (Fsp3) is 0.526. The molecule has 0 spiro atoms. The number of fused-ring (bicyclic) bond motifs is 1. The summed E-state index contributed by atoms with van der Waals surface area (Å²) in [5.41, 5.74) is -0.447. The quantitative estimate of drug-likeness (QED) is 0.743. The van der Waals surface area contributed by atoms with Crippen molar-refractivity contribution in [2.24, 2.45) is 5.92 Å². The number of imide groups is 1. The number of carbonyl (C=O) groups is 3. The van der Waals surface area contributed by atoms with Crippen molar-refractivity contribution in [2.75, 3.05) is 25.1 Å². The average Bonchev–Trinajstić information content (AvgIpc) is 2.83. The molecule has 27 heavy (non-hydrogen) atoms. The van der Waals surface area contributed by atoms with E-state index in [1.54, 1.807) is 25.1 Å². The first-order valence-corrected chi connectivity index (χ1v) is 9.12. The topological polar surface area (TPSA) is 97.0 Å². The molecule has 146 valence electrons. The van der Waals surface area contributed by atoms with Crippen molar-refractivity contribution in [3.05, 3.63) is 18.2 Å². The van der Waals surface area contributed by atoms with Crippen LogP contribution in [0.1, 0.15) is 33.6 Å². The van der Waals surface area contributed by atoms with Crippen molar-refractivity contribution in [1.29, 1.82) is 0 Å². The van der Waals surface area contributed by atoms with E-state index in [4.69, 9.17) is 9.47 Å². The number of amides is 4. The summed E-state index contributed by atoms with van der Waals surface area (Å²) in [7, 11) is 0. The third kappa shape index (κ3) is 4.15. The van der Waals surface area contributed by atoms with Crippen molar-refractivity contribution in [1.82, 2.24) is 10.2 Å². The highest BCUT2D eigenvalue weighted by Crippen LogP contribution is 2.32. The highest BCUT2D eigenvalue weighted by atomic mass is 16.6. The predicted molar refractivity (Wildman–Crippen MR) is 98.8 cm³/mol. The minimum atomic E-state index is -0.960. The third-order valence-electron chi connectivity index (χ3n) is 4.69. The van der Waals surface area contributed by atoms with Gasteiger partial charge in [0, 0.05) is 11.8 Å². The maximum atomic E-state index is 12.7. The molecule has 2 aliphatic heterocycles. The van der Waals surface area contributed by atoms with E-state index in [-0.39, 0.29) is 12.5 Å². The second kappa shape index (κ2) is 7.46. The summed E-state index contributed by atoms with van der Waals surface area (Å²) in [6.45, 7) is 6.42. The SMILES string of the molecule is CC(C)CCC1(C)NC(=O)N(CC(=O)Nc2ccc3c(c2)OCCO3)C1=O. The van der Waals surface area contributed by atoms with Gasteiger partial charge in [-0.15, -0.1) is 0 Å². The van der Waals surface area contributed by atoms with Gasteiger partial charge in [0.25, 0.3) is 5.91 Å². The first-order chi connectivity index (χ1) is 12.8. The van der Waals surface area contributed by atoms with Gasteiger partial charge in [0.1, 0.15) is 25.3 Å². The van der Waals surface area contributed by atoms with Crippen LogP contribution in [0.25, 0.3) is 0 Å². The van der Waals surface area contributed by atoms with Crippen molar-refractivity contribution in [3.63, 3.8) is 0 Å². The number of nitrogens with zero attached hydrogens (tertiary/aromatic N) is 1. The van der Waals surface area contributed by atoms with Crippen LogP contribution in [0, 0.1) is 5.92 Å². The smallest absolute Gasteiger partial charge is 0.325 e. The average molecular weight is 375 g/mol. The molecule has 1 unspecified atom stereocenters. The molecule has 8 nitrogen and oxygen atoms in total. The Morgan fingerprint density at radius 3 is 2.67 bits per heavy atom. The van der Waals surface area contributed by atoms with Gasteiger partial charge < -0.3 is 20.1 Å². The van der Waals surface area contributed by atoms with Gasteiger partial charge in [0.2, 0.25) is 5.91 Å². The van der Waals surface area contributed by atoms with E-state index in [9.17, 15) is 14.4 Å². The zero-order valence-electron chi connectivity index (χ0n) is 15.8. The molecule has 0 bridgehead atoms. The summed E-state index contributed by atoms with van der Waals surface area (Å²) in [6.07, 6.45) is 1.34. The molecule has 1 atom stereocenters. The summed E-state index contributed by atoms with van der Waals surface area (Å²) < 4.78 is 10.9. The van der Waals surface area contributed by atoms with Crippen LogP contribution >= 0.6 is 0 Å². The maximum Gasteiger partial charge on any atom is 0.325 e. The number of hydrogen-bond acceptors (Lipinski definition) is 5. The molecule has 2 N–H and O–H groups in total. The van der Waals surface area contributed by atoms with Gasteiger partial charge in [-0.25, -0.2) is 4.79 Å². The number of hydrogen-bond donors (Lipinski definition) is 2. The molecule has 0 aromatic heterocycles. The molecule has 0 radical (unpaired) electrons. The minimum Gasteiger partial charge on any atom is -0.486 e. The summed E-state index contributed by atoms with van der Waals surface area (Å²) in [6, 6.07) is 4.51. The molecule has 2 aliphatic rings. The highest BCUT2D eigenvalue weighted by Gasteiger charge is 2.47. The van der Waals surface area contributed by atoms with E-state index in [1.807, 2.05) is 0 Å². The second-order valence-corrected chi connectivity index (χ2v) is 7.49. The van der Waals surface area contributed by atoms with Gasteiger partial charge in [-0.2, -0.15) is 0 Å². The molecule has 1 fully saturated rings. The van der Waals surface area contributed by atoms with Gasteiger partial charge >= 0.3 is 6.03 Å². The lowest BCUT2D eigenvalue weighted by Crippen LogP contribution is -2.44. The Hall–Kier alpha value is -2.77. The standard InChI is InChI=1S/C19H25N3O5/c1-12(2)6-7-19(3)17(24)22(18(25)21-19)11-16(23)20-13-4-5-14-15(10-13)27-9-8-26-14/h4-5,10,12H,6-9,11H2,1-3H3,(H,20,23)(H,21,25). The number of benzene rings is 1. The van der Waals surface area contributed by atoms with Crippen LogP contribution in [0.3, 0.4) is 0 Å². The second-order valence-electron chi connectivity index (χ2n) is 7.49. The van der Waals surface area contributed by atoms with Crippen molar-refractivity contribution < 1.29 is 23.9 Å². The predicted octanol–water partition coefficient (Wildman–Crippen LogP) is 2.14. The number of rotatable bonds is 6. The Balaban J connectivity index is 1.62. The van der Waals surface area contributed by atoms with E-state index in [1.165, 1.54) is 0 Å². The van der Waals surface area contributed by atoms with Gasteiger partial charge in [-0.1, -0.05) is 13.8 Å². The van der Waals surface area contributed by atoms with Crippen LogP contribution in [0.5, 0.6) is 11.5 Å². The first kappa shape index (κ1) is 19.0. The van der Waals surface area contributed by atoms with Crippen molar-refractivity contribution in [3.8, 4) is 11.5 Å². The Kier molecular flexibility index (Phi) is 5.25. The van der Waals surface area contributed by atoms with E-state index in [0.29, 0.717) is 42.7 Å². The van der Waals surface area contributed by atoms with Gasteiger partial charge in [0.05, 0.1) is 0 Å². The van der Waals surface area contributed by atoms with Crippen LogP contribution in [0.15, 0.2) is 18.2 Å². The van der Waals surface area contributed by atoms with Crippen LogP contribution in [0.4, 0.5) is 10.5 Å². The summed E-state index contributed by atoms with van der Waals surface area (Å²) >= 11 is 0. The summed E-state index contributed by atoms with van der Waals surface area (Å²) in [5.74, 6) is 0.761. The molecule has 1 aromatic carbocycles. The zero-order chi connectivity index (χ0) is 19.6. The molecule has 4 amide bonds. The number of ether oxygens (including phenoxy) is 2. The number of carbonyl (C=O) groups excluding carboxylic acids is 3. The van der Waals surface area contributed by atoms with Gasteiger partial charge in [-0.05, 0) is 37.8 Å². The Labute approximate surface area is 158 Å². The number of urea groups is 1. The van der Waals surface area contributed by atoms with E-state index < -0.39 is 17.5 Å². The normalized spacial score (nSPS) is 21.4. The molecular weight excluding hydrogens is 350 g/mol. The highest BCUT2D eigenvalue weighted by molar-refractivity contribution is 6.09. The third-order valence-corrected chi connectivity index (χ3v) is 4.69. The fourth-order valence-electron chi connectivity index (χ4n) is 3.10. The molecule has 1 aromatic rings. The van der Waals surface area contributed by atoms with Crippen molar-refractivity contribution >= 4 is 23.5 Å². The molecule has 3 rings (SSSR count). The summed E-state index contributed by atoms with van der Waals surface area (Å²) in [4.78, 5) is 38.2. The molecule has 2 heterocycles. The molecule has 8 heteroatoms. The number of nitrogens with one attached hydrogen (secondary N) is 2. The van der Waals surface area contributed by atoms with E-state index in [0.717, 1.165) is 11.3 Å². The Bertz CT molecular complexity index is 764. The van der Waals surface area contributed by atoms with Crippen LogP contribution in [-0.4, -0.2) is 48.0 Å². The monoisotopic (exact) mass is 375 g/mol. The lowest BCUT2D eigenvalue weighted by molar-refractivity contribution is -0.133. The zero-order valence-corrected chi connectivity index (χ0v) is 15.8. The lowest BCUT2D eigenvalue weighted by atomic mass is 9.92. The van der Waals surface area contributed by atoms with Gasteiger partial charge in [-0.3, -0.25) is 14.5 Å². The molecule has 0 saturated carbocycles. The number of anilines is 1. The van der Waals surface area contributed by atoms with Crippen molar-refractivity contribution in [2.45, 2.75) is 39.2 Å². The largest absolute Gasteiger partial charge is 0.486 e. The van der Waals surface area contributed by atoms with Crippen LogP contribution in [-0.2, 0) is 9.59 Å². The Morgan fingerprint density at radius 1 is 1.26 bits per heavy atom. The maximum absolute atomic E-state index is 12.7. The van der Waals surface area contributed by atoms with E-state index in [2.05, 4.69) is 24.5 Å². The van der Waals surface area contributed by atoms with Crippen LogP contribution in [0.2, 0.25) is 0 Å². The van der Waals surface area contributed by atoms with Crippen LogP contribution < -0.4 is 20.1 Å². The summed E-state index contributed by atoms with van der Waals surface area (Å²) in [5, 5.41) is 5.41. The molecule has 0 aliphatic carbocycles. The van der Waals surface area contributed by atoms with Gasteiger partial charge in [0.15, 0.2) is 11.5 Å². The molecule has 1 saturated heterocycles. The lowest BCUT2D eigenvalue weighted by Gasteiger charge is -2.22.